The van der Waals surface area contributed by atoms with Crippen molar-refractivity contribution in [3.05, 3.63) is 23.8 Å². The van der Waals surface area contributed by atoms with Crippen LogP contribution >= 0.6 is 0 Å². The number of phenols is 3. The maximum atomic E-state index is 9.25. The zero-order chi connectivity index (χ0) is 9.14. The van der Waals surface area contributed by atoms with Gasteiger partial charge in [0.1, 0.15) is 0 Å². The summed E-state index contributed by atoms with van der Waals surface area (Å²) in [5, 5.41) is 27.3. The zero-order valence-electron chi connectivity index (χ0n) is 6.65. The lowest BCUT2D eigenvalue weighted by Gasteiger charge is -2.02. The highest BCUT2D eigenvalue weighted by molar-refractivity contribution is 5.64. The minimum atomic E-state index is -0.481. The summed E-state index contributed by atoms with van der Waals surface area (Å²) in [5.74, 6) is -1.10. The van der Waals surface area contributed by atoms with Gasteiger partial charge in [0.2, 0.25) is 5.75 Å². The van der Waals surface area contributed by atoms with Crippen LogP contribution in [0.2, 0.25) is 0 Å². The first kappa shape index (κ1) is 8.46. The third-order valence-corrected chi connectivity index (χ3v) is 1.51. The molecular formula is C9H10O3. The van der Waals surface area contributed by atoms with Crippen LogP contribution in [-0.2, 0) is 0 Å². The fourth-order valence-corrected chi connectivity index (χ4v) is 0.899. The summed E-state index contributed by atoms with van der Waals surface area (Å²) in [4.78, 5) is 0. The summed E-state index contributed by atoms with van der Waals surface area (Å²) in [6.45, 7) is 1.79. The van der Waals surface area contributed by atoms with E-state index in [0.29, 0.717) is 5.56 Å². The van der Waals surface area contributed by atoms with Crippen molar-refractivity contribution < 1.29 is 15.3 Å². The predicted octanol–water partition coefficient (Wildman–Crippen LogP) is 1.84. The fourth-order valence-electron chi connectivity index (χ4n) is 0.899. The molecule has 0 unspecified atom stereocenters. The standard InChI is InChI=1S/C9H10O3/c1-2-3-6-4-5-7(10)9(12)8(6)11/h2-5,10-12H,1H3/b3-2-. The molecule has 0 aliphatic carbocycles. The van der Waals surface area contributed by atoms with Crippen LogP contribution in [0.3, 0.4) is 0 Å². The highest BCUT2D eigenvalue weighted by Crippen LogP contribution is 2.37. The Labute approximate surface area is 70.2 Å². The first-order valence-corrected chi connectivity index (χ1v) is 3.53. The molecule has 3 N–H and O–H groups in total. The second-order valence-corrected chi connectivity index (χ2v) is 2.37. The number of phenolic OH excluding ortho intramolecular Hbond substituents is 3. The van der Waals surface area contributed by atoms with Crippen LogP contribution in [0.1, 0.15) is 12.5 Å². The van der Waals surface area contributed by atoms with Crippen molar-refractivity contribution in [2.24, 2.45) is 0 Å². The molecule has 3 nitrogen and oxygen atoms in total. The molecule has 0 amide bonds. The van der Waals surface area contributed by atoms with Gasteiger partial charge in [-0.15, -0.1) is 0 Å². The van der Waals surface area contributed by atoms with Crippen molar-refractivity contribution in [2.45, 2.75) is 6.92 Å². The number of hydrogen-bond donors (Lipinski definition) is 3. The van der Waals surface area contributed by atoms with Gasteiger partial charge in [-0.3, -0.25) is 0 Å². The molecule has 12 heavy (non-hydrogen) atoms. The Bertz CT molecular complexity index is 316. The van der Waals surface area contributed by atoms with Crippen LogP contribution in [0.25, 0.3) is 6.08 Å². The average molecular weight is 166 g/mol. The van der Waals surface area contributed by atoms with Gasteiger partial charge in [0, 0.05) is 5.56 Å². The van der Waals surface area contributed by atoms with Gasteiger partial charge < -0.3 is 15.3 Å². The molecular weight excluding hydrogens is 156 g/mol. The van der Waals surface area contributed by atoms with Crippen LogP contribution in [0.4, 0.5) is 0 Å². The van der Waals surface area contributed by atoms with Crippen molar-refractivity contribution in [3.63, 3.8) is 0 Å². The number of allylic oxidation sites excluding steroid dienone is 1. The monoisotopic (exact) mass is 166 g/mol. The fraction of sp³-hybridized carbons (Fsp3) is 0.111. The van der Waals surface area contributed by atoms with Crippen LogP contribution in [-0.4, -0.2) is 15.3 Å². The summed E-state index contributed by atoms with van der Waals surface area (Å²) in [6, 6.07) is 2.84. The largest absolute Gasteiger partial charge is 0.504 e. The number of benzene rings is 1. The van der Waals surface area contributed by atoms with E-state index in [9.17, 15) is 5.11 Å². The Balaban J connectivity index is 3.26. The molecule has 0 saturated carbocycles. The Morgan fingerprint density at radius 3 is 2.33 bits per heavy atom. The summed E-state index contributed by atoms with van der Waals surface area (Å²) in [6.07, 6.45) is 3.36. The van der Waals surface area contributed by atoms with Crippen LogP contribution < -0.4 is 0 Å². The van der Waals surface area contributed by atoms with Gasteiger partial charge in [-0.05, 0) is 19.1 Å². The molecule has 3 heteroatoms. The first-order chi connectivity index (χ1) is 5.66. The van der Waals surface area contributed by atoms with E-state index in [2.05, 4.69) is 0 Å². The minimum absolute atomic E-state index is 0.298. The quantitative estimate of drug-likeness (QED) is 0.558. The number of aromatic hydroxyl groups is 3. The Hall–Kier alpha value is -1.64. The van der Waals surface area contributed by atoms with Gasteiger partial charge >= 0.3 is 0 Å². The van der Waals surface area contributed by atoms with E-state index in [1.165, 1.54) is 12.1 Å². The van der Waals surface area contributed by atoms with Gasteiger partial charge in [0.05, 0.1) is 0 Å². The van der Waals surface area contributed by atoms with E-state index in [0.717, 1.165) is 0 Å². The predicted molar refractivity (Wildman–Crippen MR) is 46.1 cm³/mol. The lowest BCUT2D eigenvalue weighted by molar-refractivity contribution is 0.367. The Morgan fingerprint density at radius 1 is 1.08 bits per heavy atom. The molecule has 0 saturated heterocycles. The summed E-state index contributed by atoms with van der Waals surface area (Å²) in [5.41, 5.74) is 0.479. The number of hydrogen-bond acceptors (Lipinski definition) is 3. The molecule has 64 valence electrons. The molecule has 1 aromatic rings. The third-order valence-electron chi connectivity index (χ3n) is 1.51. The molecule has 1 rings (SSSR count). The minimum Gasteiger partial charge on any atom is -0.504 e. The van der Waals surface area contributed by atoms with Crippen molar-refractivity contribution >= 4 is 6.08 Å². The van der Waals surface area contributed by atoms with E-state index in [4.69, 9.17) is 10.2 Å². The average Bonchev–Trinajstić information content (AvgIpc) is 2.07. The molecule has 0 heterocycles. The van der Waals surface area contributed by atoms with E-state index in [1.807, 2.05) is 0 Å². The summed E-state index contributed by atoms with van der Waals surface area (Å²) in [7, 11) is 0. The van der Waals surface area contributed by atoms with Crippen molar-refractivity contribution in [1.29, 1.82) is 0 Å². The summed E-state index contributed by atoms with van der Waals surface area (Å²) >= 11 is 0. The second-order valence-electron chi connectivity index (χ2n) is 2.37. The molecule has 1 aromatic carbocycles. The van der Waals surface area contributed by atoms with Gasteiger partial charge in [-0.25, -0.2) is 0 Å². The first-order valence-electron chi connectivity index (χ1n) is 3.53. The second kappa shape index (κ2) is 3.17. The SMILES string of the molecule is C/C=C\c1ccc(O)c(O)c1O. The Kier molecular flexibility index (Phi) is 2.24. The van der Waals surface area contributed by atoms with Gasteiger partial charge in [0.25, 0.3) is 0 Å². The molecule has 0 atom stereocenters. The molecule has 0 aliphatic heterocycles. The lowest BCUT2D eigenvalue weighted by Crippen LogP contribution is -1.76. The molecule has 0 fully saturated rings. The van der Waals surface area contributed by atoms with Crippen LogP contribution in [0.15, 0.2) is 18.2 Å². The highest BCUT2D eigenvalue weighted by Gasteiger charge is 2.07. The highest BCUT2D eigenvalue weighted by atomic mass is 16.3. The van der Waals surface area contributed by atoms with Gasteiger partial charge in [-0.2, -0.15) is 0 Å². The third kappa shape index (κ3) is 1.34. The van der Waals surface area contributed by atoms with Crippen molar-refractivity contribution in [2.75, 3.05) is 0 Å². The van der Waals surface area contributed by atoms with E-state index in [-0.39, 0.29) is 11.5 Å². The maximum absolute atomic E-state index is 9.25. The molecule has 0 spiro atoms. The van der Waals surface area contributed by atoms with Crippen LogP contribution in [0, 0.1) is 0 Å². The van der Waals surface area contributed by atoms with Gasteiger partial charge in [-0.1, -0.05) is 12.2 Å². The van der Waals surface area contributed by atoms with E-state index >= 15 is 0 Å². The maximum Gasteiger partial charge on any atom is 0.200 e. The number of rotatable bonds is 1. The molecule has 0 bridgehead atoms. The van der Waals surface area contributed by atoms with Crippen molar-refractivity contribution in [3.8, 4) is 17.2 Å². The smallest absolute Gasteiger partial charge is 0.200 e. The molecule has 0 radical (unpaired) electrons. The van der Waals surface area contributed by atoms with Crippen molar-refractivity contribution in [1.82, 2.24) is 0 Å². The van der Waals surface area contributed by atoms with Gasteiger partial charge in [0.15, 0.2) is 11.5 Å². The van der Waals surface area contributed by atoms with Crippen LogP contribution in [0.5, 0.6) is 17.2 Å². The molecule has 0 aliphatic rings. The lowest BCUT2D eigenvalue weighted by atomic mass is 10.1. The van der Waals surface area contributed by atoms with E-state index in [1.54, 1.807) is 19.1 Å². The Morgan fingerprint density at radius 2 is 1.75 bits per heavy atom. The summed E-state index contributed by atoms with van der Waals surface area (Å²) < 4.78 is 0. The zero-order valence-corrected chi connectivity index (χ0v) is 6.65. The topological polar surface area (TPSA) is 60.7 Å². The van der Waals surface area contributed by atoms with E-state index < -0.39 is 5.75 Å². The normalized spacial score (nSPS) is 10.8. The molecule has 0 aromatic heterocycles.